The van der Waals surface area contributed by atoms with Crippen LogP contribution in [-0.4, -0.2) is 0 Å². The highest BCUT2D eigenvalue weighted by Crippen LogP contribution is 2.19. The van der Waals surface area contributed by atoms with Crippen LogP contribution in [0.15, 0.2) is 40.9 Å². The lowest BCUT2D eigenvalue weighted by molar-refractivity contribution is 0.443. The van der Waals surface area contributed by atoms with Crippen LogP contribution in [0.2, 0.25) is 0 Å². The van der Waals surface area contributed by atoms with Gasteiger partial charge in [-0.1, -0.05) is 28.1 Å². The summed E-state index contributed by atoms with van der Waals surface area (Å²) in [6, 6.07) is 9.75. The van der Waals surface area contributed by atoms with Crippen molar-refractivity contribution < 1.29 is 13.2 Å². The second-order valence-electron chi connectivity index (χ2n) is 4.53. The highest BCUT2D eigenvalue weighted by Gasteiger charge is 2.11. The molecule has 5 heteroatoms. The van der Waals surface area contributed by atoms with Gasteiger partial charge < -0.3 is 5.32 Å². The maximum atomic E-state index is 13.1. The lowest BCUT2D eigenvalue weighted by Gasteiger charge is -2.15. The summed E-state index contributed by atoms with van der Waals surface area (Å²) in [6.45, 7) is 2.19. The van der Waals surface area contributed by atoms with Crippen LogP contribution in [0, 0.1) is 17.5 Å². The number of rotatable bonds is 4. The van der Waals surface area contributed by atoms with Crippen LogP contribution in [0.5, 0.6) is 0 Å². The van der Waals surface area contributed by atoms with Gasteiger partial charge in [0.1, 0.15) is 0 Å². The first-order valence-electron chi connectivity index (χ1n) is 6.09. The lowest BCUT2D eigenvalue weighted by atomic mass is 10.1. The van der Waals surface area contributed by atoms with Gasteiger partial charge in [0.05, 0.1) is 0 Å². The molecular formula is C15H13BrF3N. The molecule has 1 N–H and O–H groups in total. The summed E-state index contributed by atoms with van der Waals surface area (Å²) in [4.78, 5) is 0. The molecule has 106 valence electrons. The van der Waals surface area contributed by atoms with E-state index in [1.807, 2.05) is 31.2 Å². The minimum atomic E-state index is -1.44. The summed E-state index contributed by atoms with van der Waals surface area (Å²) >= 11 is 3.38. The van der Waals surface area contributed by atoms with E-state index in [0.717, 1.165) is 22.2 Å². The zero-order valence-electron chi connectivity index (χ0n) is 10.8. The van der Waals surface area contributed by atoms with E-state index < -0.39 is 17.5 Å². The Labute approximate surface area is 123 Å². The van der Waals surface area contributed by atoms with Gasteiger partial charge in [-0.2, -0.15) is 0 Å². The number of hydrogen-bond acceptors (Lipinski definition) is 1. The van der Waals surface area contributed by atoms with Crippen molar-refractivity contribution >= 4 is 15.9 Å². The van der Waals surface area contributed by atoms with Gasteiger partial charge in [0, 0.05) is 17.1 Å². The molecule has 2 aromatic carbocycles. The highest BCUT2D eigenvalue weighted by molar-refractivity contribution is 9.10. The predicted octanol–water partition coefficient (Wildman–Crippen LogP) is 4.72. The quantitative estimate of drug-likeness (QED) is 0.792. The number of nitrogens with one attached hydrogen (secondary N) is 1. The first kappa shape index (κ1) is 15.1. The average molecular weight is 344 g/mol. The van der Waals surface area contributed by atoms with Crippen molar-refractivity contribution in [1.82, 2.24) is 5.32 Å². The molecule has 0 amide bonds. The van der Waals surface area contributed by atoms with E-state index in [4.69, 9.17) is 0 Å². The van der Waals surface area contributed by atoms with Crippen LogP contribution >= 0.6 is 15.9 Å². The standard InChI is InChI=1S/C15H13BrF3N/c1-9(11-3-2-4-12(16)7-11)20-8-10-5-13(17)15(19)14(18)6-10/h2-7,9,20H,8H2,1H3/t9-/m0/s1. The highest BCUT2D eigenvalue weighted by atomic mass is 79.9. The SMILES string of the molecule is C[C@H](NCc1cc(F)c(F)c(F)c1)c1cccc(Br)c1. The molecule has 0 saturated carbocycles. The van der Waals surface area contributed by atoms with E-state index in [-0.39, 0.29) is 12.6 Å². The Hall–Kier alpha value is -1.33. The van der Waals surface area contributed by atoms with Crippen LogP contribution < -0.4 is 5.32 Å². The molecule has 0 aliphatic rings. The van der Waals surface area contributed by atoms with E-state index >= 15 is 0 Å². The maximum absolute atomic E-state index is 13.1. The molecule has 0 aliphatic heterocycles. The molecule has 0 saturated heterocycles. The fraction of sp³-hybridized carbons (Fsp3) is 0.200. The minimum absolute atomic E-state index is 0.00340. The number of hydrogen-bond donors (Lipinski definition) is 1. The Bertz CT molecular complexity index is 593. The van der Waals surface area contributed by atoms with Gasteiger partial charge in [-0.05, 0) is 42.3 Å². The van der Waals surface area contributed by atoms with Gasteiger partial charge in [0.2, 0.25) is 0 Å². The van der Waals surface area contributed by atoms with Crippen LogP contribution in [0.3, 0.4) is 0 Å². The van der Waals surface area contributed by atoms with Crippen molar-refractivity contribution in [3.05, 3.63) is 69.4 Å². The van der Waals surface area contributed by atoms with E-state index in [1.54, 1.807) is 0 Å². The van der Waals surface area contributed by atoms with Crippen molar-refractivity contribution in [2.75, 3.05) is 0 Å². The third kappa shape index (κ3) is 3.61. The Kier molecular flexibility index (Phi) is 4.83. The first-order chi connectivity index (χ1) is 9.47. The van der Waals surface area contributed by atoms with Crippen LogP contribution in [-0.2, 0) is 6.54 Å². The van der Waals surface area contributed by atoms with Crippen molar-refractivity contribution in [2.24, 2.45) is 0 Å². The molecule has 0 radical (unpaired) electrons. The van der Waals surface area contributed by atoms with Crippen LogP contribution in [0.1, 0.15) is 24.1 Å². The summed E-state index contributed by atoms with van der Waals surface area (Å²) in [6.07, 6.45) is 0. The predicted molar refractivity (Wildman–Crippen MR) is 75.7 cm³/mol. The normalized spacial score (nSPS) is 12.4. The van der Waals surface area contributed by atoms with Gasteiger partial charge >= 0.3 is 0 Å². The van der Waals surface area contributed by atoms with Crippen molar-refractivity contribution in [3.63, 3.8) is 0 Å². The van der Waals surface area contributed by atoms with Crippen molar-refractivity contribution in [1.29, 1.82) is 0 Å². The van der Waals surface area contributed by atoms with E-state index in [9.17, 15) is 13.2 Å². The average Bonchev–Trinajstić information content (AvgIpc) is 2.42. The zero-order chi connectivity index (χ0) is 14.7. The molecule has 1 nitrogen and oxygen atoms in total. The second kappa shape index (κ2) is 6.41. The van der Waals surface area contributed by atoms with E-state index in [1.165, 1.54) is 0 Å². The third-order valence-corrected chi connectivity index (χ3v) is 3.50. The molecule has 0 aliphatic carbocycles. The monoisotopic (exact) mass is 343 g/mol. The maximum Gasteiger partial charge on any atom is 0.194 e. The Balaban J connectivity index is 2.05. The molecule has 0 unspecified atom stereocenters. The summed E-state index contributed by atoms with van der Waals surface area (Å²) < 4.78 is 40.0. The minimum Gasteiger partial charge on any atom is -0.306 e. The fourth-order valence-corrected chi connectivity index (χ4v) is 2.29. The molecule has 0 spiro atoms. The largest absolute Gasteiger partial charge is 0.306 e. The summed E-state index contributed by atoms with van der Waals surface area (Å²) in [5, 5.41) is 3.14. The molecule has 1 atom stereocenters. The number of halogens is 4. The molecule has 0 bridgehead atoms. The van der Waals surface area contributed by atoms with Gasteiger partial charge in [-0.15, -0.1) is 0 Å². The van der Waals surface area contributed by atoms with Crippen molar-refractivity contribution in [2.45, 2.75) is 19.5 Å². The fourth-order valence-electron chi connectivity index (χ4n) is 1.87. The molecule has 2 rings (SSSR count). The first-order valence-corrected chi connectivity index (χ1v) is 6.89. The molecule has 20 heavy (non-hydrogen) atoms. The van der Waals surface area contributed by atoms with Gasteiger partial charge in [0.15, 0.2) is 17.5 Å². The molecular weight excluding hydrogens is 331 g/mol. The third-order valence-electron chi connectivity index (χ3n) is 3.00. The number of benzene rings is 2. The summed E-state index contributed by atoms with van der Waals surface area (Å²) in [5.74, 6) is -3.78. The Morgan fingerprint density at radius 1 is 1.10 bits per heavy atom. The Morgan fingerprint density at radius 3 is 2.35 bits per heavy atom. The van der Waals surface area contributed by atoms with Crippen LogP contribution in [0.25, 0.3) is 0 Å². The second-order valence-corrected chi connectivity index (χ2v) is 5.45. The molecule has 0 heterocycles. The van der Waals surface area contributed by atoms with Gasteiger partial charge in [-0.25, -0.2) is 13.2 Å². The van der Waals surface area contributed by atoms with Gasteiger partial charge in [0.25, 0.3) is 0 Å². The molecule has 2 aromatic rings. The van der Waals surface area contributed by atoms with E-state index in [2.05, 4.69) is 21.2 Å². The van der Waals surface area contributed by atoms with E-state index in [0.29, 0.717) is 5.56 Å². The van der Waals surface area contributed by atoms with Gasteiger partial charge in [-0.3, -0.25) is 0 Å². The Morgan fingerprint density at radius 2 is 1.75 bits per heavy atom. The summed E-state index contributed by atoms with van der Waals surface area (Å²) in [5.41, 5.74) is 1.41. The molecule has 0 fully saturated rings. The topological polar surface area (TPSA) is 12.0 Å². The molecule has 0 aromatic heterocycles. The summed E-state index contributed by atoms with van der Waals surface area (Å²) in [7, 11) is 0. The van der Waals surface area contributed by atoms with Crippen LogP contribution in [0.4, 0.5) is 13.2 Å². The lowest BCUT2D eigenvalue weighted by Crippen LogP contribution is -2.18. The smallest absolute Gasteiger partial charge is 0.194 e. The zero-order valence-corrected chi connectivity index (χ0v) is 12.3. The van der Waals surface area contributed by atoms with Crippen molar-refractivity contribution in [3.8, 4) is 0 Å².